The van der Waals surface area contributed by atoms with Crippen LogP contribution in [0.2, 0.25) is 0 Å². The molecule has 2 nitrogen and oxygen atoms in total. The molecule has 1 aromatic rings. The first-order chi connectivity index (χ1) is 6.79. The molecule has 3 heteroatoms. The van der Waals surface area contributed by atoms with Gasteiger partial charge in [-0.3, -0.25) is 4.79 Å². The number of allylic oxidation sites excluding steroid dienone is 1. The van der Waals surface area contributed by atoms with Crippen LogP contribution in [0.25, 0.3) is 0 Å². The SMILES string of the molecule is O=C(C1=CCCC[C@H]1O)c1cccs1. The van der Waals surface area contributed by atoms with Crippen molar-refractivity contribution < 1.29 is 9.90 Å². The van der Waals surface area contributed by atoms with Crippen molar-refractivity contribution >= 4 is 17.1 Å². The third kappa shape index (κ3) is 1.79. The maximum Gasteiger partial charge on any atom is 0.201 e. The highest BCUT2D eigenvalue weighted by atomic mass is 32.1. The number of carbonyl (C=O) groups is 1. The first-order valence-electron chi connectivity index (χ1n) is 4.75. The van der Waals surface area contributed by atoms with Crippen molar-refractivity contribution in [2.45, 2.75) is 25.4 Å². The quantitative estimate of drug-likeness (QED) is 0.758. The maximum absolute atomic E-state index is 11.9. The molecule has 1 aliphatic rings. The lowest BCUT2D eigenvalue weighted by Gasteiger charge is -2.17. The van der Waals surface area contributed by atoms with Crippen molar-refractivity contribution in [3.63, 3.8) is 0 Å². The van der Waals surface area contributed by atoms with E-state index in [9.17, 15) is 9.90 Å². The second-order valence-corrected chi connectivity index (χ2v) is 4.36. The van der Waals surface area contributed by atoms with Crippen molar-refractivity contribution in [2.75, 3.05) is 0 Å². The largest absolute Gasteiger partial charge is 0.388 e. The molecule has 0 fully saturated rings. The fraction of sp³-hybridized carbons (Fsp3) is 0.364. The number of carbonyl (C=O) groups excluding carboxylic acids is 1. The molecule has 0 aromatic carbocycles. The van der Waals surface area contributed by atoms with E-state index in [-0.39, 0.29) is 5.78 Å². The van der Waals surface area contributed by atoms with Crippen LogP contribution in [0, 0.1) is 0 Å². The van der Waals surface area contributed by atoms with Crippen molar-refractivity contribution in [3.8, 4) is 0 Å². The number of rotatable bonds is 2. The summed E-state index contributed by atoms with van der Waals surface area (Å²) in [6, 6.07) is 3.66. The molecule has 1 N–H and O–H groups in total. The van der Waals surface area contributed by atoms with Crippen LogP contribution in [0.15, 0.2) is 29.2 Å². The minimum atomic E-state index is -0.557. The summed E-state index contributed by atoms with van der Waals surface area (Å²) in [5.74, 6) is -0.00722. The minimum Gasteiger partial charge on any atom is -0.388 e. The van der Waals surface area contributed by atoms with Crippen LogP contribution in [0.1, 0.15) is 28.9 Å². The van der Waals surface area contributed by atoms with Gasteiger partial charge in [0.1, 0.15) is 0 Å². The molecule has 1 heterocycles. The van der Waals surface area contributed by atoms with Crippen LogP contribution in [0.3, 0.4) is 0 Å². The first-order valence-corrected chi connectivity index (χ1v) is 5.63. The summed E-state index contributed by atoms with van der Waals surface area (Å²) in [6.07, 6.45) is 3.91. The Morgan fingerprint density at radius 2 is 2.43 bits per heavy atom. The summed E-state index contributed by atoms with van der Waals surface area (Å²) in [6.45, 7) is 0. The highest BCUT2D eigenvalue weighted by Crippen LogP contribution is 2.23. The molecule has 0 aliphatic heterocycles. The van der Waals surface area contributed by atoms with Gasteiger partial charge in [0.2, 0.25) is 5.78 Å². The molecule has 14 heavy (non-hydrogen) atoms. The smallest absolute Gasteiger partial charge is 0.201 e. The Hall–Kier alpha value is -0.930. The molecule has 0 saturated heterocycles. The summed E-state index contributed by atoms with van der Waals surface area (Å²) in [7, 11) is 0. The van der Waals surface area contributed by atoms with Crippen molar-refractivity contribution in [3.05, 3.63) is 34.0 Å². The van der Waals surface area contributed by atoms with Gasteiger partial charge in [-0.2, -0.15) is 0 Å². The Balaban J connectivity index is 2.23. The van der Waals surface area contributed by atoms with Crippen molar-refractivity contribution in [1.82, 2.24) is 0 Å². The molecule has 0 unspecified atom stereocenters. The van der Waals surface area contributed by atoms with Gasteiger partial charge in [0.05, 0.1) is 11.0 Å². The lowest BCUT2D eigenvalue weighted by atomic mass is 9.93. The molecule has 0 radical (unpaired) electrons. The van der Waals surface area contributed by atoms with E-state index in [0.29, 0.717) is 12.0 Å². The topological polar surface area (TPSA) is 37.3 Å². The van der Waals surface area contributed by atoms with E-state index in [1.165, 1.54) is 11.3 Å². The molecule has 0 saturated carbocycles. The molecule has 0 bridgehead atoms. The van der Waals surface area contributed by atoms with Crippen LogP contribution in [-0.4, -0.2) is 17.0 Å². The molecule has 1 aliphatic carbocycles. The Labute approximate surface area is 86.9 Å². The molecule has 74 valence electrons. The molecule has 0 amide bonds. The normalized spacial score (nSPS) is 21.8. The molecule has 2 rings (SSSR count). The predicted octanol–water partition coefficient (Wildman–Crippen LogP) is 2.40. The Bertz CT molecular complexity index is 351. The summed E-state index contributed by atoms with van der Waals surface area (Å²) in [4.78, 5) is 12.6. The molecular weight excluding hydrogens is 196 g/mol. The Morgan fingerprint density at radius 3 is 3.07 bits per heavy atom. The van der Waals surface area contributed by atoms with E-state index in [1.807, 2.05) is 17.5 Å². The van der Waals surface area contributed by atoms with Crippen molar-refractivity contribution in [1.29, 1.82) is 0 Å². The van der Waals surface area contributed by atoms with Gasteiger partial charge in [-0.15, -0.1) is 11.3 Å². The Kier molecular flexibility index (Phi) is 2.79. The van der Waals surface area contributed by atoms with Crippen LogP contribution < -0.4 is 0 Å². The molecular formula is C11H12O2S. The summed E-state index contributed by atoms with van der Waals surface area (Å²) >= 11 is 1.43. The first kappa shape index (κ1) is 9.62. The number of aliphatic hydroxyl groups excluding tert-OH is 1. The van der Waals surface area contributed by atoms with E-state index < -0.39 is 6.10 Å². The zero-order valence-electron chi connectivity index (χ0n) is 7.77. The monoisotopic (exact) mass is 208 g/mol. The Morgan fingerprint density at radius 1 is 1.57 bits per heavy atom. The number of thiophene rings is 1. The predicted molar refractivity (Wildman–Crippen MR) is 56.6 cm³/mol. The van der Waals surface area contributed by atoms with Gasteiger partial charge in [0, 0.05) is 5.57 Å². The van der Waals surface area contributed by atoms with Crippen LogP contribution in [-0.2, 0) is 0 Å². The van der Waals surface area contributed by atoms with Gasteiger partial charge >= 0.3 is 0 Å². The fourth-order valence-corrected chi connectivity index (χ4v) is 2.34. The average molecular weight is 208 g/mol. The minimum absolute atomic E-state index is 0.00722. The second kappa shape index (κ2) is 4.07. The lowest BCUT2D eigenvalue weighted by molar-refractivity contribution is 0.0978. The summed E-state index contributed by atoms with van der Waals surface area (Å²) in [5.41, 5.74) is 0.582. The van der Waals surface area contributed by atoms with Crippen molar-refractivity contribution in [2.24, 2.45) is 0 Å². The van der Waals surface area contributed by atoms with Crippen LogP contribution in [0.5, 0.6) is 0 Å². The average Bonchev–Trinajstić information content (AvgIpc) is 2.70. The van der Waals surface area contributed by atoms with E-state index in [2.05, 4.69) is 0 Å². The second-order valence-electron chi connectivity index (χ2n) is 3.41. The van der Waals surface area contributed by atoms with E-state index in [0.717, 1.165) is 17.7 Å². The molecule has 1 atom stereocenters. The number of Topliss-reactive ketones (excluding diaryl/α,β-unsaturated/α-hetero) is 1. The fourth-order valence-electron chi connectivity index (χ4n) is 1.65. The summed E-state index contributed by atoms with van der Waals surface area (Å²) in [5, 5.41) is 11.5. The highest BCUT2D eigenvalue weighted by Gasteiger charge is 2.22. The van der Waals surface area contributed by atoms with Crippen LogP contribution >= 0.6 is 11.3 Å². The number of hydrogen-bond acceptors (Lipinski definition) is 3. The molecule has 1 aromatic heterocycles. The van der Waals surface area contributed by atoms with Crippen LogP contribution in [0.4, 0.5) is 0 Å². The zero-order valence-corrected chi connectivity index (χ0v) is 8.59. The van der Waals surface area contributed by atoms with Gasteiger partial charge in [0.25, 0.3) is 0 Å². The van der Waals surface area contributed by atoms with Gasteiger partial charge < -0.3 is 5.11 Å². The number of hydrogen-bond donors (Lipinski definition) is 1. The standard InChI is InChI=1S/C11H12O2S/c12-9-5-2-1-4-8(9)11(13)10-6-3-7-14-10/h3-4,6-7,9,12H,1-2,5H2/t9-/m1/s1. The van der Waals surface area contributed by atoms with Gasteiger partial charge in [0.15, 0.2) is 0 Å². The van der Waals surface area contributed by atoms with Gasteiger partial charge in [-0.25, -0.2) is 0 Å². The lowest BCUT2D eigenvalue weighted by Crippen LogP contribution is -2.20. The number of ketones is 1. The molecule has 0 spiro atoms. The van der Waals surface area contributed by atoms with Gasteiger partial charge in [-0.05, 0) is 30.7 Å². The third-order valence-corrected chi connectivity index (χ3v) is 3.28. The summed E-state index contributed by atoms with van der Waals surface area (Å²) < 4.78 is 0. The third-order valence-electron chi connectivity index (χ3n) is 2.41. The van der Waals surface area contributed by atoms with E-state index in [4.69, 9.17) is 0 Å². The van der Waals surface area contributed by atoms with E-state index >= 15 is 0 Å². The maximum atomic E-state index is 11.9. The number of aliphatic hydroxyl groups is 1. The van der Waals surface area contributed by atoms with E-state index in [1.54, 1.807) is 6.07 Å². The van der Waals surface area contributed by atoms with Gasteiger partial charge in [-0.1, -0.05) is 12.1 Å². The highest BCUT2D eigenvalue weighted by molar-refractivity contribution is 7.12. The zero-order chi connectivity index (χ0) is 9.97.